The van der Waals surface area contributed by atoms with Crippen LogP contribution in [0.4, 0.5) is 51.2 Å². The molecule has 0 amide bonds. The van der Waals surface area contributed by atoms with Crippen LogP contribution >= 0.6 is 0 Å². The van der Waals surface area contributed by atoms with Gasteiger partial charge in [-0.25, -0.2) is 0 Å². The molecule has 0 atom stereocenters. The molecule has 2 heterocycles. The molecule has 4 heteroatoms. The first-order valence-electron chi connectivity index (χ1n) is 26.3. The van der Waals surface area contributed by atoms with E-state index in [1.165, 1.54) is 94.9 Å². The van der Waals surface area contributed by atoms with Crippen LogP contribution in [0.5, 0.6) is 0 Å². The largest absolute Gasteiger partial charge is 0.311 e. The second-order valence-electron chi connectivity index (χ2n) is 24.3. The van der Waals surface area contributed by atoms with Crippen molar-refractivity contribution in [1.29, 1.82) is 0 Å². The lowest BCUT2D eigenvalue weighted by Crippen LogP contribution is -2.61. The van der Waals surface area contributed by atoms with E-state index >= 15 is 0 Å². The van der Waals surface area contributed by atoms with Gasteiger partial charge in [-0.3, -0.25) is 0 Å². The Kier molecular flexibility index (Phi) is 10.7. The highest BCUT2D eigenvalue weighted by atomic mass is 15.2. The third-order valence-electron chi connectivity index (χ3n) is 16.1. The molecule has 0 saturated heterocycles. The van der Waals surface area contributed by atoms with Crippen molar-refractivity contribution in [3.8, 4) is 22.3 Å². The van der Waals surface area contributed by atoms with E-state index in [9.17, 15) is 0 Å². The Morgan fingerprint density at radius 2 is 0.959 bits per heavy atom. The van der Waals surface area contributed by atoms with Crippen LogP contribution in [0.3, 0.4) is 0 Å². The van der Waals surface area contributed by atoms with E-state index in [0.29, 0.717) is 0 Å². The average molecular weight is 948 g/mol. The van der Waals surface area contributed by atoms with Gasteiger partial charge in [-0.15, -0.1) is 0 Å². The van der Waals surface area contributed by atoms with E-state index < -0.39 is 0 Å². The minimum absolute atomic E-state index is 0.0276. The fraction of sp³-hybridized carbons (Fsp3) is 0.217. The molecule has 0 spiro atoms. The molecule has 9 aromatic carbocycles. The minimum atomic E-state index is -0.170. The summed E-state index contributed by atoms with van der Waals surface area (Å²) in [6, 6.07) is 76.2. The Morgan fingerprint density at radius 3 is 1.64 bits per heavy atom. The Hall–Kier alpha value is -7.56. The quantitative estimate of drug-likeness (QED) is 0.154. The number of nitrogens with zero attached hydrogens (tertiary/aromatic N) is 3. The van der Waals surface area contributed by atoms with Crippen LogP contribution < -0.4 is 31.1 Å². The normalized spacial score (nSPS) is 14.3. The van der Waals surface area contributed by atoms with Crippen LogP contribution in [0.15, 0.2) is 200 Å². The molecular formula is C69H66BN3. The summed E-state index contributed by atoms with van der Waals surface area (Å²) in [4.78, 5) is 7.61. The van der Waals surface area contributed by atoms with Crippen molar-refractivity contribution in [2.45, 2.75) is 97.8 Å². The smallest absolute Gasteiger partial charge is 0.252 e. The lowest BCUT2D eigenvalue weighted by atomic mass is 9.33. The predicted octanol–water partition coefficient (Wildman–Crippen LogP) is 17.1. The summed E-state index contributed by atoms with van der Waals surface area (Å²) < 4.78 is 0. The number of anilines is 9. The SMILES string of the molecule is CC(C)(C)c1ccc(N2c3ccc(C(C)(C)C)cc3B3c4ccc(N(c5ccccc5)c5ccc(C(C)(C)C)cc5-c5ccccc5)cc4N(c4ccc5c(c4)C(C)(C)c4ccccc4-5)c4cccc2c43)cc1. The monoisotopic (exact) mass is 948 g/mol. The number of hydrogen-bond donors (Lipinski definition) is 0. The number of rotatable bonds is 6. The molecule has 3 nitrogen and oxygen atoms in total. The van der Waals surface area contributed by atoms with Crippen LogP contribution in [0.1, 0.15) is 104 Å². The van der Waals surface area contributed by atoms with E-state index in [2.05, 4.69) is 291 Å². The topological polar surface area (TPSA) is 9.72 Å². The summed E-state index contributed by atoms with van der Waals surface area (Å²) in [5.41, 5.74) is 26.0. The number of benzene rings is 9. The third-order valence-corrected chi connectivity index (χ3v) is 16.1. The van der Waals surface area contributed by atoms with Gasteiger partial charge in [-0.2, -0.15) is 0 Å². The molecule has 360 valence electrons. The number of para-hydroxylation sites is 1. The zero-order valence-corrected chi connectivity index (χ0v) is 44.5. The maximum atomic E-state index is 2.59. The second kappa shape index (κ2) is 16.8. The molecule has 0 unspecified atom stereocenters. The van der Waals surface area contributed by atoms with Crippen LogP contribution in [0, 0.1) is 0 Å². The van der Waals surface area contributed by atoms with Gasteiger partial charge in [0.15, 0.2) is 0 Å². The van der Waals surface area contributed by atoms with Crippen molar-refractivity contribution in [2.75, 3.05) is 14.7 Å². The molecule has 2 aliphatic heterocycles. The van der Waals surface area contributed by atoms with Crippen molar-refractivity contribution in [3.63, 3.8) is 0 Å². The molecule has 9 aromatic rings. The van der Waals surface area contributed by atoms with Crippen molar-refractivity contribution >= 4 is 74.3 Å². The van der Waals surface area contributed by atoms with E-state index in [4.69, 9.17) is 0 Å². The summed E-state index contributed by atoms with van der Waals surface area (Å²) >= 11 is 0. The fourth-order valence-corrected chi connectivity index (χ4v) is 12.1. The zero-order chi connectivity index (χ0) is 50.8. The molecular weight excluding hydrogens is 882 g/mol. The molecule has 3 aliphatic rings. The third kappa shape index (κ3) is 7.63. The van der Waals surface area contributed by atoms with Gasteiger partial charge in [0.1, 0.15) is 0 Å². The van der Waals surface area contributed by atoms with E-state index in [1.807, 2.05) is 0 Å². The highest BCUT2D eigenvalue weighted by Gasteiger charge is 2.45. The molecule has 12 rings (SSSR count). The molecule has 0 aromatic heterocycles. The summed E-state index contributed by atoms with van der Waals surface area (Å²) in [6.07, 6.45) is 0. The van der Waals surface area contributed by atoms with Crippen molar-refractivity contribution in [2.24, 2.45) is 0 Å². The minimum Gasteiger partial charge on any atom is -0.311 e. The molecule has 0 saturated carbocycles. The first-order chi connectivity index (χ1) is 34.9. The molecule has 0 fully saturated rings. The summed E-state index contributed by atoms with van der Waals surface area (Å²) in [5, 5.41) is 0. The van der Waals surface area contributed by atoms with Gasteiger partial charge in [0.2, 0.25) is 0 Å². The molecule has 1 aliphatic carbocycles. The van der Waals surface area contributed by atoms with Gasteiger partial charge < -0.3 is 14.7 Å². The average Bonchev–Trinajstić information content (AvgIpc) is 3.61. The lowest BCUT2D eigenvalue weighted by molar-refractivity contribution is 0.590. The van der Waals surface area contributed by atoms with Gasteiger partial charge in [0.05, 0.1) is 5.69 Å². The number of fused-ring (bicyclic) bond motifs is 7. The first kappa shape index (κ1) is 46.5. The molecule has 0 N–H and O–H groups in total. The second-order valence-corrected chi connectivity index (χ2v) is 24.3. The standard InChI is InChI=1S/C69H66BN3/c1-66(2,3)46-29-33-50(34-30-46)72-61-40-32-48(68(7,8)9)42-59(61)70-58-38-36-52(71(49-23-16-13-17-24-49)60-39-31-47(67(4,5)6)41-55(60)45-21-14-12-15-22-45)44-64(58)73(63-28-20-27-62(72)65(63)70)51-35-37-54-53-25-18-19-26-56(53)69(10,11)57(54)43-51/h12-44H,1-11H3. The summed E-state index contributed by atoms with van der Waals surface area (Å²) in [5.74, 6) is 0. The predicted molar refractivity (Wildman–Crippen MR) is 314 cm³/mol. The van der Waals surface area contributed by atoms with Crippen LogP contribution in [0.25, 0.3) is 22.3 Å². The van der Waals surface area contributed by atoms with E-state index in [0.717, 1.165) is 22.7 Å². The maximum absolute atomic E-state index is 2.59. The van der Waals surface area contributed by atoms with E-state index in [-0.39, 0.29) is 28.4 Å². The van der Waals surface area contributed by atoms with Crippen molar-refractivity contribution < 1.29 is 0 Å². The van der Waals surface area contributed by atoms with Crippen molar-refractivity contribution in [3.05, 3.63) is 228 Å². The fourth-order valence-electron chi connectivity index (χ4n) is 12.1. The van der Waals surface area contributed by atoms with Gasteiger partial charge >= 0.3 is 0 Å². The highest BCUT2D eigenvalue weighted by Crippen LogP contribution is 2.53. The van der Waals surface area contributed by atoms with Crippen LogP contribution in [-0.4, -0.2) is 6.71 Å². The maximum Gasteiger partial charge on any atom is 0.252 e. The lowest BCUT2D eigenvalue weighted by Gasteiger charge is -2.45. The first-order valence-corrected chi connectivity index (χ1v) is 26.3. The zero-order valence-electron chi connectivity index (χ0n) is 44.5. The Bertz CT molecular complexity index is 3610. The van der Waals surface area contributed by atoms with Gasteiger partial charge in [0, 0.05) is 56.5 Å². The van der Waals surface area contributed by atoms with Gasteiger partial charge in [-0.05, 0) is 156 Å². The number of hydrogen-bond acceptors (Lipinski definition) is 3. The highest BCUT2D eigenvalue weighted by molar-refractivity contribution is 7.00. The van der Waals surface area contributed by atoms with Gasteiger partial charge in [0.25, 0.3) is 6.71 Å². The van der Waals surface area contributed by atoms with Crippen LogP contribution in [0.2, 0.25) is 0 Å². The Balaban J connectivity index is 1.14. The molecule has 73 heavy (non-hydrogen) atoms. The van der Waals surface area contributed by atoms with Crippen molar-refractivity contribution in [1.82, 2.24) is 0 Å². The van der Waals surface area contributed by atoms with E-state index in [1.54, 1.807) is 0 Å². The molecule has 0 bridgehead atoms. The molecule has 0 radical (unpaired) electrons. The van der Waals surface area contributed by atoms with Crippen LogP contribution in [-0.2, 0) is 21.7 Å². The van der Waals surface area contributed by atoms with Gasteiger partial charge in [-0.1, -0.05) is 197 Å². The summed E-state index contributed by atoms with van der Waals surface area (Å²) in [6.45, 7) is 25.6. The Morgan fingerprint density at radius 1 is 0.384 bits per heavy atom. The summed E-state index contributed by atoms with van der Waals surface area (Å²) in [7, 11) is 0. The Labute approximate surface area is 434 Å².